The Morgan fingerprint density at radius 2 is 1.62 bits per heavy atom. The highest BCUT2D eigenvalue weighted by Crippen LogP contribution is 2.34. The number of alkyl halides is 3. The highest BCUT2D eigenvalue weighted by Gasteiger charge is 2.36. The van der Waals surface area contributed by atoms with Crippen LogP contribution in [0.1, 0.15) is 36.5 Å². The Balaban J connectivity index is 1.75. The van der Waals surface area contributed by atoms with E-state index in [-0.39, 0.29) is 12.5 Å². The van der Waals surface area contributed by atoms with E-state index in [2.05, 4.69) is 10.2 Å². The van der Waals surface area contributed by atoms with Gasteiger partial charge in [0.1, 0.15) is 0 Å². The number of benzene rings is 2. The van der Waals surface area contributed by atoms with Crippen LogP contribution < -0.4 is 5.32 Å². The molecule has 3 rings (SSSR count). The lowest BCUT2D eigenvalue weighted by Gasteiger charge is -2.32. The second kappa shape index (κ2) is 11.9. The van der Waals surface area contributed by atoms with E-state index in [1.54, 1.807) is 25.1 Å². The van der Waals surface area contributed by atoms with E-state index >= 15 is 0 Å². The van der Waals surface area contributed by atoms with E-state index in [0.717, 1.165) is 12.1 Å². The minimum absolute atomic E-state index is 0.0565. The molecule has 1 N–H and O–H groups in total. The van der Waals surface area contributed by atoms with Gasteiger partial charge in [0.05, 0.1) is 27.3 Å². The summed E-state index contributed by atoms with van der Waals surface area (Å²) in [6.45, 7) is 4.43. The molecule has 1 aliphatic heterocycles. The third-order valence-electron chi connectivity index (χ3n) is 6.74. The molecule has 1 atom stereocenters. The minimum atomic E-state index is -4.43. The van der Waals surface area contributed by atoms with Gasteiger partial charge in [-0.15, -0.1) is 0 Å². The quantitative estimate of drug-likeness (QED) is 0.480. The molecule has 1 saturated heterocycles. The lowest BCUT2D eigenvalue weighted by atomic mass is 9.78. The van der Waals surface area contributed by atoms with Crippen LogP contribution in [-0.4, -0.2) is 62.5 Å². The summed E-state index contributed by atoms with van der Waals surface area (Å²) in [7, 11) is -3.27. The highest BCUT2D eigenvalue weighted by atomic mass is 35.5. The van der Waals surface area contributed by atoms with Gasteiger partial charge in [-0.25, -0.2) is 12.7 Å². The Morgan fingerprint density at radius 3 is 2.22 bits per heavy atom. The van der Waals surface area contributed by atoms with Gasteiger partial charge in [-0.3, -0.25) is 4.79 Å². The van der Waals surface area contributed by atoms with Gasteiger partial charge >= 0.3 is 6.18 Å². The van der Waals surface area contributed by atoms with Crippen LogP contribution in [0.4, 0.5) is 13.2 Å². The normalized spacial score (nSPS) is 17.7. The molecule has 6 nitrogen and oxygen atoms in total. The molecule has 0 saturated carbocycles. The highest BCUT2D eigenvalue weighted by molar-refractivity contribution is 7.88. The van der Waals surface area contributed by atoms with Crippen LogP contribution in [0.2, 0.25) is 10.0 Å². The summed E-state index contributed by atoms with van der Waals surface area (Å²) in [6, 6.07) is 9.65. The number of nitrogens with one attached hydrogen (secondary N) is 1. The zero-order valence-corrected chi connectivity index (χ0v) is 22.9. The largest absolute Gasteiger partial charge is 0.416 e. The third kappa shape index (κ3) is 7.83. The fraction of sp³-hybridized carbons (Fsp3) is 0.480. The SMILES string of the molecule is CC(CCN1CCCN(S(C)(=O)=O)CC1)(C(=O)NCc1ccc(C(F)(F)F)cc1)c1ccc(Cl)c(Cl)c1. The number of hydrogen-bond acceptors (Lipinski definition) is 4. The average Bonchev–Trinajstić information content (AvgIpc) is 3.08. The van der Waals surface area contributed by atoms with E-state index < -0.39 is 27.2 Å². The second-order valence-corrected chi connectivity index (χ2v) is 12.2. The number of carbonyl (C=O) groups is 1. The van der Waals surface area contributed by atoms with Crippen molar-refractivity contribution in [3.05, 3.63) is 69.2 Å². The van der Waals surface area contributed by atoms with Gasteiger partial charge in [0.15, 0.2) is 0 Å². The van der Waals surface area contributed by atoms with Crippen LogP contribution in [0.5, 0.6) is 0 Å². The lowest BCUT2D eigenvalue weighted by molar-refractivity contribution is -0.137. The van der Waals surface area contributed by atoms with E-state index in [1.807, 2.05) is 0 Å². The first-order valence-electron chi connectivity index (χ1n) is 11.8. The van der Waals surface area contributed by atoms with Crippen molar-refractivity contribution < 1.29 is 26.4 Å². The molecule has 1 amide bonds. The number of carbonyl (C=O) groups excluding carboxylic acids is 1. The third-order valence-corrected chi connectivity index (χ3v) is 8.78. The summed E-state index contributed by atoms with van der Waals surface area (Å²) >= 11 is 12.3. The smallest absolute Gasteiger partial charge is 0.351 e. The second-order valence-electron chi connectivity index (χ2n) is 9.45. The van der Waals surface area contributed by atoms with Gasteiger partial charge < -0.3 is 10.2 Å². The molecule has 204 valence electrons. The van der Waals surface area contributed by atoms with Crippen molar-refractivity contribution in [2.24, 2.45) is 0 Å². The summed E-state index contributed by atoms with van der Waals surface area (Å²) in [5, 5.41) is 3.51. The van der Waals surface area contributed by atoms with Crippen molar-refractivity contribution in [1.82, 2.24) is 14.5 Å². The molecule has 2 aromatic rings. The molecular formula is C25H30Cl2F3N3O3S. The molecule has 37 heavy (non-hydrogen) atoms. The fourth-order valence-electron chi connectivity index (χ4n) is 4.30. The van der Waals surface area contributed by atoms with Crippen LogP contribution >= 0.6 is 23.2 Å². The summed E-state index contributed by atoms with van der Waals surface area (Å²) in [5.74, 6) is -0.307. The van der Waals surface area contributed by atoms with Crippen molar-refractivity contribution in [2.75, 3.05) is 39.0 Å². The molecule has 0 aromatic heterocycles. The van der Waals surface area contributed by atoms with Crippen LogP contribution in [-0.2, 0) is 33.0 Å². The monoisotopic (exact) mass is 579 g/mol. The predicted octanol–water partition coefficient (Wildman–Crippen LogP) is 4.94. The van der Waals surface area contributed by atoms with Crippen LogP contribution in [0.15, 0.2) is 42.5 Å². The summed E-state index contributed by atoms with van der Waals surface area (Å²) < 4.78 is 63.9. The zero-order valence-electron chi connectivity index (χ0n) is 20.6. The van der Waals surface area contributed by atoms with E-state index in [9.17, 15) is 26.4 Å². The molecular weight excluding hydrogens is 550 g/mol. The summed E-state index contributed by atoms with van der Waals surface area (Å²) in [6.07, 6.45) is -2.15. The van der Waals surface area contributed by atoms with Gasteiger partial charge in [0.2, 0.25) is 15.9 Å². The Labute approximate surface area is 225 Å². The fourth-order valence-corrected chi connectivity index (χ4v) is 5.47. The molecule has 0 radical (unpaired) electrons. The lowest BCUT2D eigenvalue weighted by Crippen LogP contribution is -2.44. The molecule has 1 heterocycles. The maximum Gasteiger partial charge on any atom is 0.416 e. The van der Waals surface area contributed by atoms with Crippen LogP contribution in [0.3, 0.4) is 0 Å². The zero-order chi connectivity index (χ0) is 27.4. The predicted molar refractivity (Wildman–Crippen MR) is 139 cm³/mol. The maximum atomic E-state index is 13.5. The molecule has 0 bridgehead atoms. The van der Waals surface area contributed by atoms with Gasteiger partial charge in [-0.2, -0.15) is 13.2 Å². The first-order valence-corrected chi connectivity index (χ1v) is 14.4. The number of nitrogens with zero attached hydrogens (tertiary/aromatic N) is 2. The van der Waals surface area contributed by atoms with Gasteiger partial charge in [0.25, 0.3) is 0 Å². The summed E-state index contributed by atoms with van der Waals surface area (Å²) in [5.41, 5.74) is -0.594. The van der Waals surface area contributed by atoms with Crippen molar-refractivity contribution in [2.45, 2.75) is 37.9 Å². The Hall–Kier alpha value is -1.85. The van der Waals surface area contributed by atoms with E-state index in [1.165, 1.54) is 22.7 Å². The maximum absolute atomic E-state index is 13.5. The van der Waals surface area contributed by atoms with Crippen LogP contribution in [0, 0.1) is 0 Å². The molecule has 2 aromatic carbocycles. The molecule has 1 fully saturated rings. The first kappa shape index (κ1) is 29.7. The van der Waals surface area contributed by atoms with Crippen molar-refractivity contribution in [3.63, 3.8) is 0 Å². The number of rotatable bonds is 8. The molecule has 1 unspecified atom stereocenters. The molecule has 1 aliphatic rings. The number of halogens is 5. The van der Waals surface area contributed by atoms with Gasteiger partial charge in [-0.1, -0.05) is 41.4 Å². The molecule has 12 heteroatoms. The van der Waals surface area contributed by atoms with E-state index in [0.29, 0.717) is 66.7 Å². The average molecular weight is 581 g/mol. The van der Waals surface area contributed by atoms with Crippen LogP contribution in [0.25, 0.3) is 0 Å². The minimum Gasteiger partial charge on any atom is -0.351 e. The van der Waals surface area contributed by atoms with Crippen molar-refractivity contribution in [3.8, 4) is 0 Å². The Bertz CT molecular complexity index is 1210. The van der Waals surface area contributed by atoms with Crippen molar-refractivity contribution >= 4 is 39.1 Å². The summed E-state index contributed by atoms with van der Waals surface area (Å²) in [4.78, 5) is 15.6. The van der Waals surface area contributed by atoms with Crippen molar-refractivity contribution in [1.29, 1.82) is 0 Å². The first-order chi connectivity index (χ1) is 17.2. The number of hydrogen-bond donors (Lipinski definition) is 1. The van der Waals surface area contributed by atoms with Gasteiger partial charge in [0, 0.05) is 26.2 Å². The Kier molecular flexibility index (Phi) is 9.56. The number of amides is 1. The topological polar surface area (TPSA) is 69.7 Å². The van der Waals surface area contributed by atoms with E-state index in [4.69, 9.17) is 23.2 Å². The molecule has 0 spiro atoms. The number of sulfonamides is 1. The molecule has 0 aliphatic carbocycles. The van der Waals surface area contributed by atoms with Gasteiger partial charge in [-0.05, 0) is 68.2 Å². The standard InChI is InChI=1S/C25H30Cl2F3N3O3S/c1-24(20-8-9-21(26)22(27)16-20,10-13-32-11-3-12-33(15-14-32)37(2,35)36)23(34)31-17-18-4-6-19(7-5-18)25(28,29)30/h4-9,16H,3,10-15,17H2,1-2H3,(H,31,34). The Morgan fingerprint density at radius 1 is 0.973 bits per heavy atom.